The molecular weight excluding hydrogens is 326 g/mol. The molecule has 0 aliphatic heterocycles. The average molecular weight is 348 g/mol. The highest BCUT2D eigenvalue weighted by Gasteiger charge is 2.04. The maximum absolute atomic E-state index is 6.11. The van der Waals surface area contributed by atoms with Gasteiger partial charge in [-0.15, -0.1) is 0 Å². The summed E-state index contributed by atoms with van der Waals surface area (Å²) >= 11 is 11.4. The number of nitrogens with one attached hydrogen (secondary N) is 2. The van der Waals surface area contributed by atoms with E-state index in [9.17, 15) is 0 Å². The predicted molar refractivity (Wildman–Crippen MR) is 105 cm³/mol. The molecule has 2 aromatic rings. The second kappa shape index (κ2) is 8.75. The molecule has 122 valence electrons. The fourth-order valence-corrected chi connectivity index (χ4v) is 2.63. The highest BCUT2D eigenvalue weighted by Crippen LogP contribution is 2.22. The van der Waals surface area contributed by atoms with Crippen LogP contribution in [-0.4, -0.2) is 25.2 Å². The van der Waals surface area contributed by atoms with Gasteiger partial charge in [-0.3, -0.25) is 0 Å². The van der Waals surface area contributed by atoms with Gasteiger partial charge in [-0.25, -0.2) is 0 Å². The van der Waals surface area contributed by atoms with E-state index in [2.05, 4.69) is 46.8 Å². The van der Waals surface area contributed by atoms with Gasteiger partial charge < -0.3 is 15.5 Å². The van der Waals surface area contributed by atoms with Gasteiger partial charge in [-0.2, -0.15) is 0 Å². The number of rotatable bonds is 6. The normalized spacial score (nSPS) is 10.2. The molecule has 0 heterocycles. The first-order valence-corrected chi connectivity index (χ1v) is 8.42. The minimum absolute atomic E-state index is 0.623. The standard InChI is InChI=1S/C18H22ClN3S/c1-14-16(19)10-6-11-17(14)21-18(23)20-12-7-13-22(2)15-8-4-3-5-9-15/h3-6,8-11H,7,12-13H2,1-2H3,(H2,20,21,23). The lowest BCUT2D eigenvalue weighted by atomic mass is 10.2. The summed E-state index contributed by atoms with van der Waals surface area (Å²) in [7, 11) is 2.10. The zero-order chi connectivity index (χ0) is 16.7. The van der Waals surface area contributed by atoms with E-state index < -0.39 is 0 Å². The van der Waals surface area contributed by atoms with Crippen molar-refractivity contribution in [3.05, 3.63) is 59.1 Å². The first kappa shape index (κ1) is 17.6. The lowest BCUT2D eigenvalue weighted by molar-refractivity contribution is 0.755. The Bertz CT molecular complexity index is 646. The van der Waals surface area contributed by atoms with Crippen LogP contribution < -0.4 is 15.5 Å². The Hall–Kier alpha value is -1.78. The van der Waals surface area contributed by atoms with E-state index in [0.717, 1.165) is 35.8 Å². The summed E-state index contributed by atoms with van der Waals surface area (Å²) in [5, 5.41) is 7.79. The minimum atomic E-state index is 0.623. The van der Waals surface area contributed by atoms with Crippen LogP contribution >= 0.6 is 23.8 Å². The molecular formula is C18H22ClN3S. The van der Waals surface area contributed by atoms with Crippen LogP contribution in [0.15, 0.2) is 48.5 Å². The monoisotopic (exact) mass is 347 g/mol. The second-order valence-corrected chi connectivity index (χ2v) is 6.22. The van der Waals surface area contributed by atoms with Gasteiger partial charge in [-0.1, -0.05) is 35.9 Å². The SMILES string of the molecule is Cc1c(Cl)cccc1NC(=S)NCCCN(C)c1ccccc1. The number of para-hydroxylation sites is 1. The van der Waals surface area contributed by atoms with Gasteiger partial charge in [0.15, 0.2) is 5.11 Å². The molecule has 0 amide bonds. The molecule has 0 spiro atoms. The first-order valence-electron chi connectivity index (χ1n) is 7.64. The van der Waals surface area contributed by atoms with Crippen molar-refractivity contribution >= 4 is 40.3 Å². The molecule has 5 heteroatoms. The van der Waals surface area contributed by atoms with Crippen LogP contribution in [0.1, 0.15) is 12.0 Å². The molecule has 2 rings (SSSR count). The minimum Gasteiger partial charge on any atom is -0.375 e. The van der Waals surface area contributed by atoms with Crippen LogP contribution in [0.5, 0.6) is 0 Å². The smallest absolute Gasteiger partial charge is 0.170 e. The molecule has 0 aliphatic carbocycles. The number of anilines is 2. The summed E-state index contributed by atoms with van der Waals surface area (Å²) in [5.41, 5.74) is 3.17. The van der Waals surface area contributed by atoms with Crippen LogP contribution in [0.3, 0.4) is 0 Å². The maximum Gasteiger partial charge on any atom is 0.170 e. The molecule has 0 bridgehead atoms. The number of nitrogens with zero attached hydrogens (tertiary/aromatic N) is 1. The van der Waals surface area contributed by atoms with E-state index in [4.69, 9.17) is 23.8 Å². The molecule has 3 nitrogen and oxygen atoms in total. The molecule has 0 aromatic heterocycles. The van der Waals surface area contributed by atoms with Crippen LogP contribution in [0.2, 0.25) is 5.02 Å². The molecule has 23 heavy (non-hydrogen) atoms. The fraction of sp³-hybridized carbons (Fsp3) is 0.278. The van der Waals surface area contributed by atoms with Crippen LogP contribution in [0.4, 0.5) is 11.4 Å². The Balaban J connectivity index is 1.72. The van der Waals surface area contributed by atoms with Crippen LogP contribution in [0.25, 0.3) is 0 Å². The Kier molecular flexibility index (Phi) is 6.68. The second-order valence-electron chi connectivity index (χ2n) is 5.40. The van der Waals surface area contributed by atoms with Gasteiger partial charge in [0.1, 0.15) is 0 Å². The number of hydrogen-bond acceptors (Lipinski definition) is 2. The third-order valence-corrected chi connectivity index (χ3v) is 4.32. The summed E-state index contributed by atoms with van der Waals surface area (Å²) in [5.74, 6) is 0. The molecule has 0 saturated heterocycles. The Labute approximate surface area is 148 Å². The molecule has 2 aromatic carbocycles. The fourth-order valence-electron chi connectivity index (χ4n) is 2.24. The van der Waals surface area contributed by atoms with Gasteiger partial charge >= 0.3 is 0 Å². The average Bonchev–Trinajstić information content (AvgIpc) is 2.56. The van der Waals surface area contributed by atoms with Crippen molar-refractivity contribution in [1.29, 1.82) is 0 Å². The summed E-state index contributed by atoms with van der Waals surface area (Å²) in [6, 6.07) is 16.1. The summed E-state index contributed by atoms with van der Waals surface area (Å²) in [6.07, 6.45) is 1.00. The Morgan fingerprint density at radius 1 is 1.13 bits per heavy atom. The third kappa shape index (κ3) is 5.41. The number of halogens is 1. The van der Waals surface area contributed by atoms with Crippen molar-refractivity contribution < 1.29 is 0 Å². The molecule has 0 aliphatic rings. The van der Waals surface area contributed by atoms with Gasteiger partial charge in [0.05, 0.1) is 0 Å². The highest BCUT2D eigenvalue weighted by molar-refractivity contribution is 7.80. The van der Waals surface area contributed by atoms with E-state index in [1.807, 2.05) is 31.2 Å². The zero-order valence-electron chi connectivity index (χ0n) is 13.5. The first-order chi connectivity index (χ1) is 11.1. The number of benzene rings is 2. The largest absolute Gasteiger partial charge is 0.375 e. The zero-order valence-corrected chi connectivity index (χ0v) is 15.0. The number of thiocarbonyl (C=S) groups is 1. The van der Waals surface area contributed by atoms with Gasteiger partial charge in [0.2, 0.25) is 0 Å². The maximum atomic E-state index is 6.11. The van der Waals surface area contributed by atoms with Crippen molar-refractivity contribution in [2.24, 2.45) is 0 Å². The third-order valence-electron chi connectivity index (χ3n) is 3.67. The quantitative estimate of drug-likeness (QED) is 0.596. The lowest BCUT2D eigenvalue weighted by Crippen LogP contribution is -2.31. The van der Waals surface area contributed by atoms with Crippen molar-refractivity contribution in [1.82, 2.24) is 5.32 Å². The molecule has 0 fully saturated rings. The van der Waals surface area contributed by atoms with Crippen LogP contribution in [0, 0.1) is 6.92 Å². The van der Waals surface area contributed by atoms with Crippen molar-refractivity contribution in [2.45, 2.75) is 13.3 Å². The summed E-state index contributed by atoms with van der Waals surface area (Å²) in [6.45, 7) is 3.76. The van der Waals surface area contributed by atoms with Crippen molar-refractivity contribution in [3.8, 4) is 0 Å². The molecule has 0 atom stereocenters. The van der Waals surface area contributed by atoms with E-state index in [1.54, 1.807) is 0 Å². The lowest BCUT2D eigenvalue weighted by Gasteiger charge is -2.19. The highest BCUT2D eigenvalue weighted by atomic mass is 35.5. The van der Waals surface area contributed by atoms with E-state index in [0.29, 0.717) is 5.11 Å². The number of hydrogen-bond donors (Lipinski definition) is 2. The summed E-state index contributed by atoms with van der Waals surface area (Å²) < 4.78 is 0. The van der Waals surface area contributed by atoms with Crippen molar-refractivity contribution in [2.75, 3.05) is 30.4 Å². The van der Waals surface area contributed by atoms with Crippen molar-refractivity contribution in [3.63, 3.8) is 0 Å². The van der Waals surface area contributed by atoms with E-state index in [-0.39, 0.29) is 0 Å². The molecule has 2 N–H and O–H groups in total. The van der Waals surface area contributed by atoms with Gasteiger partial charge in [-0.05, 0) is 55.4 Å². The molecule has 0 unspecified atom stereocenters. The van der Waals surface area contributed by atoms with Gasteiger partial charge in [0, 0.05) is 36.5 Å². The Morgan fingerprint density at radius 3 is 2.61 bits per heavy atom. The predicted octanol–water partition coefficient (Wildman–Crippen LogP) is 4.46. The summed E-state index contributed by atoms with van der Waals surface area (Å²) in [4.78, 5) is 2.24. The molecule has 0 radical (unpaired) electrons. The Morgan fingerprint density at radius 2 is 1.87 bits per heavy atom. The van der Waals surface area contributed by atoms with Crippen LogP contribution in [-0.2, 0) is 0 Å². The topological polar surface area (TPSA) is 27.3 Å². The van der Waals surface area contributed by atoms with E-state index >= 15 is 0 Å². The molecule has 0 saturated carbocycles. The van der Waals surface area contributed by atoms with E-state index in [1.165, 1.54) is 5.69 Å². The van der Waals surface area contributed by atoms with Gasteiger partial charge in [0.25, 0.3) is 0 Å².